The van der Waals surface area contributed by atoms with E-state index in [1.807, 2.05) is 0 Å². The van der Waals surface area contributed by atoms with Gasteiger partial charge < -0.3 is 14.2 Å². The van der Waals surface area contributed by atoms with Crippen LogP contribution in [-0.2, 0) is 23.8 Å². The zero-order chi connectivity index (χ0) is 14.2. The number of carbonyl (C=O) groups excluding carboxylic acids is 2. The Labute approximate surface area is 107 Å². The fourth-order valence-corrected chi connectivity index (χ4v) is 1.11. The molecule has 0 rings (SSSR count). The Morgan fingerprint density at radius 1 is 1.22 bits per heavy atom. The molecule has 5 nitrogen and oxygen atoms in total. The van der Waals surface area contributed by atoms with E-state index in [9.17, 15) is 9.59 Å². The van der Waals surface area contributed by atoms with Crippen molar-refractivity contribution < 1.29 is 23.8 Å². The van der Waals surface area contributed by atoms with Crippen LogP contribution in [0.15, 0.2) is 25.3 Å². The van der Waals surface area contributed by atoms with E-state index in [0.29, 0.717) is 6.61 Å². The van der Waals surface area contributed by atoms with Crippen LogP contribution in [0.1, 0.15) is 20.8 Å². The van der Waals surface area contributed by atoms with Crippen molar-refractivity contribution in [3.63, 3.8) is 0 Å². The summed E-state index contributed by atoms with van der Waals surface area (Å²) in [6, 6.07) is 0. The smallest absolute Gasteiger partial charge is 0.332 e. The second-order valence-electron chi connectivity index (χ2n) is 4.23. The highest BCUT2D eigenvalue weighted by atomic mass is 16.7. The van der Waals surface area contributed by atoms with Gasteiger partial charge in [-0.3, -0.25) is 0 Å². The zero-order valence-electron chi connectivity index (χ0n) is 11.1. The number of carbonyl (C=O) groups is 2. The highest BCUT2D eigenvalue weighted by Crippen LogP contribution is 2.25. The van der Waals surface area contributed by atoms with Crippen molar-refractivity contribution in [2.75, 3.05) is 13.2 Å². The van der Waals surface area contributed by atoms with Gasteiger partial charge in [0.15, 0.2) is 0 Å². The van der Waals surface area contributed by atoms with Crippen molar-refractivity contribution in [3.8, 4) is 0 Å². The summed E-state index contributed by atoms with van der Waals surface area (Å²) in [5.41, 5.74) is -0.673. The molecule has 0 heterocycles. The summed E-state index contributed by atoms with van der Waals surface area (Å²) in [5.74, 6) is -1.12. The molecule has 0 bridgehead atoms. The first-order valence-electron chi connectivity index (χ1n) is 5.61. The van der Waals surface area contributed by atoms with Crippen LogP contribution in [0.2, 0.25) is 0 Å². The van der Waals surface area contributed by atoms with Gasteiger partial charge in [-0.2, -0.15) is 0 Å². The number of rotatable bonds is 8. The highest BCUT2D eigenvalue weighted by molar-refractivity contribution is 5.81. The standard InChI is InChI=1S/C13H20O5/c1-6-10(14)17-9-13(4,5)12(16-8-3)18-11(15)7-2/h6-7,12H,1-2,8-9H2,3-5H3. The van der Waals surface area contributed by atoms with Gasteiger partial charge >= 0.3 is 11.9 Å². The molecule has 0 amide bonds. The molecule has 0 spiro atoms. The van der Waals surface area contributed by atoms with E-state index in [1.54, 1.807) is 20.8 Å². The predicted octanol–water partition coefficient (Wildman–Crippen LogP) is 1.83. The van der Waals surface area contributed by atoms with Gasteiger partial charge in [-0.25, -0.2) is 9.59 Å². The summed E-state index contributed by atoms with van der Waals surface area (Å²) in [6.07, 6.45) is 1.31. The molecule has 18 heavy (non-hydrogen) atoms. The summed E-state index contributed by atoms with van der Waals surface area (Å²) < 4.78 is 15.4. The van der Waals surface area contributed by atoms with Crippen molar-refractivity contribution >= 4 is 11.9 Å². The van der Waals surface area contributed by atoms with Crippen LogP contribution in [0.3, 0.4) is 0 Å². The lowest BCUT2D eigenvalue weighted by molar-refractivity contribution is -0.208. The average Bonchev–Trinajstić information content (AvgIpc) is 2.35. The summed E-state index contributed by atoms with van der Waals surface area (Å²) >= 11 is 0. The van der Waals surface area contributed by atoms with E-state index in [2.05, 4.69) is 13.2 Å². The Morgan fingerprint density at radius 3 is 2.22 bits per heavy atom. The maximum atomic E-state index is 11.2. The molecule has 0 fully saturated rings. The van der Waals surface area contributed by atoms with Crippen LogP contribution in [0.5, 0.6) is 0 Å². The molecule has 0 aromatic carbocycles. The lowest BCUT2D eigenvalue weighted by Gasteiger charge is -2.32. The maximum Gasteiger partial charge on any atom is 0.332 e. The SMILES string of the molecule is C=CC(=O)OCC(C)(C)C(OCC)OC(=O)C=C. The monoisotopic (exact) mass is 256 g/mol. The molecule has 102 valence electrons. The van der Waals surface area contributed by atoms with Gasteiger partial charge in [0.2, 0.25) is 6.29 Å². The van der Waals surface area contributed by atoms with Crippen molar-refractivity contribution in [2.24, 2.45) is 5.41 Å². The second kappa shape index (κ2) is 7.66. The molecule has 1 unspecified atom stereocenters. The third-order valence-electron chi connectivity index (χ3n) is 2.10. The quantitative estimate of drug-likeness (QED) is 0.376. The molecule has 0 saturated heterocycles. The average molecular weight is 256 g/mol. The van der Waals surface area contributed by atoms with Gasteiger partial charge in [0.25, 0.3) is 0 Å². The van der Waals surface area contributed by atoms with E-state index >= 15 is 0 Å². The van der Waals surface area contributed by atoms with E-state index in [0.717, 1.165) is 12.2 Å². The van der Waals surface area contributed by atoms with Crippen LogP contribution in [-0.4, -0.2) is 31.4 Å². The molecular weight excluding hydrogens is 236 g/mol. The fourth-order valence-electron chi connectivity index (χ4n) is 1.11. The Hall–Kier alpha value is -1.62. The lowest BCUT2D eigenvalue weighted by atomic mass is 9.94. The third kappa shape index (κ3) is 5.63. The highest BCUT2D eigenvalue weighted by Gasteiger charge is 2.34. The summed E-state index contributed by atoms with van der Waals surface area (Å²) in [4.78, 5) is 22.2. The van der Waals surface area contributed by atoms with Crippen molar-refractivity contribution in [2.45, 2.75) is 27.1 Å². The molecule has 0 aliphatic carbocycles. The van der Waals surface area contributed by atoms with E-state index in [4.69, 9.17) is 14.2 Å². The third-order valence-corrected chi connectivity index (χ3v) is 2.10. The first kappa shape index (κ1) is 16.4. The predicted molar refractivity (Wildman–Crippen MR) is 66.6 cm³/mol. The van der Waals surface area contributed by atoms with Gasteiger partial charge in [-0.15, -0.1) is 0 Å². The zero-order valence-corrected chi connectivity index (χ0v) is 11.1. The van der Waals surface area contributed by atoms with E-state index in [-0.39, 0.29) is 6.61 Å². The summed E-state index contributed by atoms with van der Waals surface area (Å²) in [6.45, 7) is 12.3. The topological polar surface area (TPSA) is 61.8 Å². The van der Waals surface area contributed by atoms with Crippen molar-refractivity contribution in [1.82, 2.24) is 0 Å². The molecule has 5 heteroatoms. The van der Waals surface area contributed by atoms with Crippen LogP contribution in [0.4, 0.5) is 0 Å². The Bertz CT molecular complexity index is 319. The van der Waals surface area contributed by atoms with Gasteiger partial charge in [-0.1, -0.05) is 27.0 Å². The normalized spacial score (nSPS) is 12.4. The van der Waals surface area contributed by atoms with Gasteiger partial charge in [0.1, 0.15) is 6.61 Å². The van der Waals surface area contributed by atoms with Crippen LogP contribution in [0.25, 0.3) is 0 Å². The molecule has 1 atom stereocenters. The second-order valence-corrected chi connectivity index (χ2v) is 4.23. The van der Waals surface area contributed by atoms with Crippen LogP contribution < -0.4 is 0 Å². The number of hydrogen-bond acceptors (Lipinski definition) is 5. The Kier molecular flexibility index (Phi) is 6.97. The van der Waals surface area contributed by atoms with Crippen molar-refractivity contribution in [1.29, 1.82) is 0 Å². The van der Waals surface area contributed by atoms with E-state index in [1.165, 1.54) is 0 Å². The van der Waals surface area contributed by atoms with Crippen LogP contribution >= 0.6 is 0 Å². The lowest BCUT2D eigenvalue weighted by Crippen LogP contribution is -2.40. The minimum absolute atomic E-state index is 0.0486. The maximum absolute atomic E-state index is 11.2. The Balaban J connectivity index is 4.62. The molecule has 0 saturated carbocycles. The molecule has 0 radical (unpaired) electrons. The van der Waals surface area contributed by atoms with E-state index < -0.39 is 23.6 Å². The molecule has 0 aromatic heterocycles. The largest absolute Gasteiger partial charge is 0.462 e. The number of ether oxygens (including phenoxy) is 3. The molecular formula is C13H20O5. The molecule has 0 aromatic rings. The first-order chi connectivity index (χ1) is 8.37. The Morgan fingerprint density at radius 2 is 1.78 bits per heavy atom. The fraction of sp³-hybridized carbons (Fsp3) is 0.538. The number of hydrogen-bond donors (Lipinski definition) is 0. The summed E-state index contributed by atoms with van der Waals surface area (Å²) in [5, 5.41) is 0. The minimum atomic E-state index is -0.814. The van der Waals surface area contributed by atoms with Crippen molar-refractivity contribution in [3.05, 3.63) is 25.3 Å². The molecule has 0 N–H and O–H groups in total. The number of esters is 2. The summed E-state index contributed by atoms with van der Waals surface area (Å²) in [7, 11) is 0. The molecule has 0 aliphatic rings. The van der Waals surface area contributed by atoms with Gasteiger partial charge in [0, 0.05) is 18.8 Å². The first-order valence-corrected chi connectivity index (χ1v) is 5.61. The molecule has 0 aliphatic heterocycles. The van der Waals surface area contributed by atoms with Gasteiger partial charge in [-0.05, 0) is 6.92 Å². The van der Waals surface area contributed by atoms with Gasteiger partial charge in [0.05, 0.1) is 5.41 Å². The van der Waals surface area contributed by atoms with Crippen LogP contribution in [0, 0.1) is 5.41 Å². The minimum Gasteiger partial charge on any atom is -0.462 e.